The lowest BCUT2D eigenvalue weighted by Crippen LogP contribution is -2.44. The molecule has 3 atom stereocenters. The number of nitrogens with one attached hydrogen (secondary N) is 1. The van der Waals surface area contributed by atoms with Crippen LogP contribution in [0, 0.1) is 11.8 Å². The van der Waals surface area contributed by atoms with E-state index in [1.807, 2.05) is 0 Å². The molecule has 0 aromatic carbocycles. The van der Waals surface area contributed by atoms with Crippen molar-refractivity contribution in [2.24, 2.45) is 11.8 Å². The maximum atomic E-state index is 11.8. The van der Waals surface area contributed by atoms with Crippen LogP contribution in [-0.4, -0.2) is 34.7 Å². The van der Waals surface area contributed by atoms with Crippen LogP contribution < -0.4 is 5.32 Å². The number of aliphatic carboxylic acids is 1. The van der Waals surface area contributed by atoms with E-state index in [9.17, 15) is 9.59 Å². The third-order valence-corrected chi connectivity index (χ3v) is 3.08. The molecule has 1 fully saturated rings. The van der Waals surface area contributed by atoms with Crippen molar-refractivity contribution < 1.29 is 19.8 Å². The van der Waals surface area contributed by atoms with Crippen LogP contribution in [0.15, 0.2) is 0 Å². The Bertz CT molecular complexity index is 267. The van der Waals surface area contributed by atoms with Crippen LogP contribution in [0.25, 0.3) is 0 Å². The molecule has 0 radical (unpaired) electrons. The van der Waals surface area contributed by atoms with E-state index < -0.39 is 17.8 Å². The zero-order valence-electron chi connectivity index (χ0n) is 9.48. The minimum atomic E-state index is -0.892. The zero-order chi connectivity index (χ0) is 12.1. The van der Waals surface area contributed by atoms with Gasteiger partial charge in [0, 0.05) is 6.04 Å². The molecule has 0 heterocycles. The third-order valence-electron chi connectivity index (χ3n) is 3.08. The first kappa shape index (κ1) is 13.0. The van der Waals surface area contributed by atoms with E-state index in [0.717, 1.165) is 12.8 Å². The lowest BCUT2D eigenvalue weighted by molar-refractivity contribution is -0.149. The summed E-state index contributed by atoms with van der Waals surface area (Å²) in [6, 6.07) is -0.316. The minimum absolute atomic E-state index is 0.129. The van der Waals surface area contributed by atoms with Gasteiger partial charge in [-0.15, -0.1) is 0 Å². The molecule has 92 valence electrons. The number of carbonyl (C=O) groups is 2. The van der Waals surface area contributed by atoms with Crippen LogP contribution in [0.1, 0.15) is 32.6 Å². The highest BCUT2D eigenvalue weighted by Gasteiger charge is 2.35. The van der Waals surface area contributed by atoms with Crippen LogP contribution in [0.2, 0.25) is 0 Å². The van der Waals surface area contributed by atoms with Gasteiger partial charge in [0.2, 0.25) is 5.91 Å². The van der Waals surface area contributed by atoms with E-state index in [2.05, 4.69) is 5.32 Å². The Morgan fingerprint density at radius 3 is 2.38 bits per heavy atom. The second-order valence-corrected chi connectivity index (χ2v) is 4.43. The van der Waals surface area contributed by atoms with Gasteiger partial charge in [0.15, 0.2) is 0 Å². The van der Waals surface area contributed by atoms with Crippen molar-refractivity contribution >= 4 is 11.9 Å². The molecular weight excluding hydrogens is 210 g/mol. The van der Waals surface area contributed by atoms with Gasteiger partial charge in [-0.3, -0.25) is 9.59 Å². The number of aliphatic hydroxyl groups excluding tert-OH is 1. The lowest BCUT2D eigenvalue weighted by atomic mass is 9.78. The van der Waals surface area contributed by atoms with Crippen LogP contribution in [0.5, 0.6) is 0 Å². The van der Waals surface area contributed by atoms with E-state index in [0.29, 0.717) is 12.8 Å². The van der Waals surface area contributed by atoms with Gasteiger partial charge in [-0.1, -0.05) is 12.8 Å². The minimum Gasteiger partial charge on any atom is -0.481 e. The standard InChI is InChI=1S/C11H19NO4/c1-7(6-13)12-10(14)8-4-2-3-5-9(8)11(15)16/h7-9,13H,2-6H2,1H3,(H,12,14)(H,15,16)/t7?,8-,9+/m1/s1. The largest absolute Gasteiger partial charge is 0.481 e. The van der Waals surface area contributed by atoms with E-state index in [1.165, 1.54) is 0 Å². The summed E-state index contributed by atoms with van der Waals surface area (Å²) in [4.78, 5) is 22.8. The molecule has 1 amide bonds. The van der Waals surface area contributed by atoms with Crippen molar-refractivity contribution in [3.05, 3.63) is 0 Å². The highest BCUT2D eigenvalue weighted by molar-refractivity contribution is 5.85. The van der Waals surface area contributed by atoms with Gasteiger partial charge in [0.1, 0.15) is 0 Å². The summed E-state index contributed by atoms with van der Waals surface area (Å²) in [6.07, 6.45) is 2.97. The van der Waals surface area contributed by atoms with Gasteiger partial charge >= 0.3 is 5.97 Å². The number of aliphatic hydroxyl groups is 1. The van der Waals surface area contributed by atoms with Crippen molar-refractivity contribution in [3.8, 4) is 0 Å². The molecule has 1 aliphatic rings. The normalized spacial score (nSPS) is 27.1. The molecule has 16 heavy (non-hydrogen) atoms. The molecule has 0 aliphatic heterocycles. The fourth-order valence-corrected chi connectivity index (χ4v) is 2.14. The Morgan fingerprint density at radius 1 is 1.31 bits per heavy atom. The number of carbonyl (C=O) groups excluding carboxylic acids is 1. The summed E-state index contributed by atoms with van der Waals surface area (Å²) in [5.74, 6) is -2.15. The van der Waals surface area contributed by atoms with Gasteiger partial charge in [-0.05, 0) is 19.8 Å². The average Bonchev–Trinajstić information content (AvgIpc) is 2.28. The number of hydrogen-bond donors (Lipinski definition) is 3. The topological polar surface area (TPSA) is 86.6 Å². The van der Waals surface area contributed by atoms with E-state index in [-0.39, 0.29) is 18.6 Å². The Kier molecular flexibility index (Phi) is 4.73. The second kappa shape index (κ2) is 5.84. The van der Waals surface area contributed by atoms with Crippen molar-refractivity contribution in [3.63, 3.8) is 0 Å². The van der Waals surface area contributed by atoms with E-state index in [1.54, 1.807) is 6.92 Å². The molecule has 0 saturated heterocycles. The number of rotatable bonds is 4. The van der Waals surface area contributed by atoms with Gasteiger partial charge in [0.25, 0.3) is 0 Å². The highest BCUT2D eigenvalue weighted by atomic mass is 16.4. The van der Waals surface area contributed by atoms with E-state index in [4.69, 9.17) is 10.2 Å². The predicted octanol–water partition coefficient (Wildman–Crippen LogP) is 0.374. The first-order valence-electron chi connectivity index (χ1n) is 5.70. The summed E-state index contributed by atoms with van der Waals surface area (Å²) in [7, 11) is 0. The molecule has 5 nitrogen and oxygen atoms in total. The summed E-state index contributed by atoms with van der Waals surface area (Å²) in [5, 5.41) is 20.5. The second-order valence-electron chi connectivity index (χ2n) is 4.43. The SMILES string of the molecule is CC(CO)NC(=O)[C@@H]1CCCC[C@@H]1C(=O)O. The van der Waals surface area contributed by atoms with E-state index >= 15 is 0 Å². The smallest absolute Gasteiger partial charge is 0.307 e. The van der Waals surface area contributed by atoms with Crippen molar-refractivity contribution in [2.45, 2.75) is 38.6 Å². The zero-order valence-corrected chi connectivity index (χ0v) is 9.48. The number of carboxylic acids is 1. The lowest BCUT2D eigenvalue weighted by Gasteiger charge is -2.28. The third kappa shape index (κ3) is 3.20. The van der Waals surface area contributed by atoms with Gasteiger partial charge in [-0.25, -0.2) is 0 Å². The van der Waals surface area contributed by atoms with Crippen LogP contribution in [-0.2, 0) is 9.59 Å². The Labute approximate surface area is 94.8 Å². The number of carboxylic acid groups (broad SMARTS) is 1. The van der Waals surface area contributed by atoms with Crippen LogP contribution >= 0.6 is 0 Å². The summed E-state index contributed by atoms with van der Waals surface area (Å²) in [6.45, 7) is 1.56. The fraction of sp³-hybridized carbons (Fsp3) is 0.818. The maximum absolute atomic E-state index is 11.8. The van der Waals surface area contributed by atoms with Gasteiger partial charge in [-0.2, -0.15) is 0 Å². The molecule has 1 saturated carbocycles. The molecular formula is C11H19NO4. The maximum Gasteiger partial charge on any atom is 0.307 e. The van der Waals surface area contributed by atoms with Gasteiger partial charge < -0.3 is 15.5 Å². The average molecular weight is 229 g/mol. The molecule has 1 aliphatic carbocycles. The molecule has 0 bridgehead atoms. The summed E-state index contributed by atoms with van der Waals surface area (Å²) in [5.41, 5.74) is 0. The molecule has 5 heteroatoms. The highest BCUT2D eigenvalue weighted by Crippen LogP contribution is 2.30. The fourth-order valence-electron chi connectivity index (χ4n) is 2.14. The quantitative estimate of drug-likeness (QED) is 0.650. The van der Waals surface area contributed by atoms with Crippen molar-refractivity contribution in [1.29, 1.82) is 0 Å². The molecule has 1 unspecified atom stereocenters. The van der Waals surface area contributed by atoms with Crippen molar-refractivity contribution in [1.82, 2.24) is 5.32 Å². The Balaban J connectivity index is 2.60. The molecule has 0 aromatic rings. The van der Waals surface area contributed by atoms with Crippen LogP contribution in [0.4, 0.5) is 0 Å². The van der Waals surface area contributed by atoms with Gasteiger partial charge in [0.05, 0.1) is 18.4 Å². The molecule has 1 rings (SSSR count). The molecule has 3 N–H and O–H groups in total. The van der Waals surface area contributed by atoms with Crippen molar-refractivity contribution in [2.75, 3.05) is 6.61 Å². The monoisotopic (exact) mass is 229 g/mol. The first-order valence-corrected chi connectivity index (χ1v) is 5.70. The Morgan fingerprint density at radius 2 is 1.88 bits per heavy atom. The number of hydrogen-bond acceptors (Lipinski definition) is 3. The summed E-state index contributed by atoms with van der Waals surface area (Å²) < 4.78 is 0. The number of amides is 1. The Hall–Kier alpha value is -1.10. The summed E-state index contributed by atoms with van der Waals surface area (Å²) >= 11 is 0. The van der Waals surface area contributed by atoms with Crippen LogP contribution in [0.3, 0.4) is 0 Å². The molecule has 0 aromatic heterocycles. The predicted molar refractivity (Wildman–Crippen MR) is 57.8 cm³/mol. The first-order chi connectivity index (χ1) is 7.56. The molecule has 0 spiro atoms.